The predicted molar refractivity (Wildman–Crippen MR) is 70.1 cm³/mol. The molecule has 0 radical (unpaired) electrons. The highest BCUT2D eigenvalue weighted by Gasteiger charge is 2.35. The molecule has 0 spiro atoms. The van der Waals surface area contributed by atoms with E-state index in [0.717, 1.165) is 3.70 Å². The van der Waals surface area contributed by atoms with Crippen molar-refractivity contribution >= 4 is 28.6 Å². The highest BCUT2D eigenvalue weighted by molar-refractivity contribution is 14.1. The second-order valence-electron chi connectivity index (χ2n) is 5.14. The summed E-state index contributed by atoms with van der Waals surface area (Å²) in [7, 11) is 0. The third-order valence-corrected chi connectivity index (χ3v) is 2.60. The van der Waals surface area contributed by atoms with Gasteiger partial charge in [-0.3, -0.25) is 4.68 Å². The normalized spacial score (nSPS) is 12.6. The Bertz CT molecular complexity index is 391. The van der Waals surface area contributed by atoms with Gasteiger partial charge in [-0.2, -0.15) is 5.10 Å². The highest BCUT2D eigenvalue weighted by atomic mass is 127. The summed E-state index contributed by atoms with van der Waals surface area (Å²) < 4.78 is 7.85. The van der Waals surface area contributed by atoms with Gasteiger partial charge in [-0.05, 0) is 63.3 Å². The van der Waals surface area contributed by atoms with Crippen LogP contribution in [0.3, 0.4) is 0 Å². The number of rotatable bonds is 2. The molecule has 0 unspecified atom stereocenters. The molecule has 0 atom stereocenters. The van der Waals surface area contributed by atoms with Gasteiger partial charge in [0.05, 0.1) is 0 Å². The average Bonchev–Trinajstić information content (AvgIpc) is 2.48. The van der Waals surface area contributed by atoms with Gasteiger partial charge < -0.3 is 4.74 Å². The van der Waals surface area contributed by atoms with Gasteiger partial charge in [-0.1, -0.05) is 0 Å². The SMILES string of the molecule is CC(C)(C)OC(=O)C(C)(C)n1ccc(I)n1. The molecule has 0 bridgehead atoms. The van der Waals surface area contributed by atoms with Crippen LogP contribution >= 0.6 is 22.6 Å². The Morgan fingerprint density at radius 2 is 1.94 bits per heavy atom. The quantitative estimate of drug-likeness (QED) is 0.616. The number of aromatic nitrogens is 2. The highest BCUT2D eigenvalue weighted by Crippen LogP contribution is 2.20. The molecule has 0 aliphatic rings. The van der Waals surface area contributed by atoms with Crippen molar-refractivity contribution in [2.24, 2.45) is 0 Å². The predicted octanol–water partition coefficient (Wildman–Crippen LogP) is 2.56. The first kappa shape index (κ1) is 13.5. The first-order valence-corrected chi connectivity index (χ1v) is 6.16. The average molecular weight is 336 g/mol. The summed E-state index contributed by atoms with van der Waals surface area (Å²) in [5.41, 5.74) is -1.26. The molecule has 1 aromatic heterocycles. The van der Waals surface area contributed by atoms with Crippen LogP contribution in [0, 0.1) is 3.70 Å². The van der Waals surface area contributed by atoms with E-state index >= 15 is 0 Å². The molecule has 4 nitrogen and oxygen atoms in total. The number of nitrogens with zero attached hydrogens (tertiary/aromatic N) is 2. The van der Waals surface area contributed by atoms with E-state index in [2.05, 4.69) is 27.7 Å². The number of carbonyl (C=O) groups excluding carboxylic acids is 1. The van der Waals surface area contributed by atoms with Crippen molar-refractivity contribution in [2.45, 2.75) is 45.8 Å². The maximum Gasteiger partial charge on any atom is 0.334 e. The Morgan fingerprint density at radius 1 is 1.38 bits per heavy atom. The number of esters is 1. The number of hydrogen-bond donors (Lipinski definition) is 0. The van der Waals surface area contributed by atoms with E-state index in [0.29, 0.717) is 0 Å². The summed E-state index contributed by atoms with van der Waals surface area (Å²) in [5, 5.41) is 4.24. The lowest BCUT2D eigenvalue weighted by atomic mass is 10.1. The minimum Gasteiger partial charge on any atom is -0.458 e. The zero-order valence-corrected chi connectivity index (χ0v) is 12.4. The third-order valence-electron chi connectivity index (χ3n) is 2.03. The smallest absolute Gasteiger partial charge is 0.334 e. The Labute approximate surface area is 109 Å². The molecule has 1 heterocycles. The lowest BCUT2D eigenvalue weighted by Gasteiger charge is -2.28. The van der Waals surface area contributed by atoms with Crippen LogP contribution in [0.5, 0.6) is 0 Å². The van der Waals surface area contributed by atoms with E-state index in [9.17, 15) is 4.79 Å². The Hall–Kier alpha value is -0.590. The van der Waals surface area contributed by atoms with Crippen LogP contribution in [0.1, 0.15) is 34.6 Å². The van der Waals surface area contributed by atoms with Gasteiger partial charge in [-0.15, -0.1) is 0 Å². The van der Waals surface area contributed by atoms with Crippen molar-refractivity contribution in [1.29, 1.82) is 0 Å². The molecule has 0 saturated heterocycles. The van der Waals surface area contributed by atoms with Gasteiger partial charge in [0, 0.05) is 6.20 Å². The van der Waals surface area contributed by atoms with E-state index < -0.39 is 11.1 Å². The van der Waals surface area contributed by atoms with Crippen molar-refractivity contribution in [1.82, 2.24) is 9.78 Å². The fourth-order valence-corrected chi connectivity index (χ4v) is 1.50. The lowest BCUT2D eigenvalue weighted by molar-refractivity contribution is -0.164. The number of hydrogen-bond acceptors (Lipinski definition) is 3. The van der Waals surface area contributed by atoms with Crippen LogP contribution in [0.15, 0.2) is 12.3 Å². The van der Waals surface area contributed by atoms with Gasteiger partial charge in [0.15, 0.2) is 5.54 Å². The minimum absolute atomic E-state index is 0.278. The van der Waals surface area contributed by atoms with Crippen molar-refractivity contribution in [3.05, 3.63) is 16.0 Å². The molecule has 0 fully saturated rings. The van der Waals surface area contributed by atoms with Crippen molar-refractivity contribution in [2.75, 3.05) is 0 Å². The molecule has 1 aromatic rings. The first-order valence-electron chi connectivity index (χ1n) is 5.08. The largest absolute Gasteiger partial charge is 0.458 e. The van der Waals surface area contributed by atoms with Crippen LogP contribution < -0.4 is 0 Å². The van der Waals surface area contributed by atoms with Gasteiger partial charge >= 0.3 is 5.97 Å². The van der Waals surface area contributed by atoms with Crippen LogP contribution in [0.2, 0.25) is 0 Å². The maximum absolute atomic E-state index is 12.0. The number of carbonyl (C=O) groups is 1. The fraction of sp³-hybridized carbons (Fsp3) is 0.636. The molecule has 0 saturated carbocycles. The van der Waals surface area contributed by atoms with Gasteiger partial charge in [0.2, 0.25) is 0 Å². The zero-order valence-electron chi connectivity index (χ0n) is 10.2. The van der Waals surface area contributed by atoms with Gasteiger partial charge in [0.1, 0.15) is 9.30 Å². The summed E-state index contributed by atoms with van der Waals surface area (Å²) in [6, 6.07) is 1.85. The molecular weight excluding hydrogens is 319 g/mol. The molecule has 0 N–H and O–H groups in total. The van der Waals surface area contributed by atoms with Gasteiger partial charge in [0.25, 0.3) is 0 Å². The van der Waals surface area contributed by atoms with E-state index in [4.69, 9.17) is 4.74 Å². The monoisotopic (exact) mass is 336 g/mol. The van der Waals surface area contributed by atoms with Crippen molar-refractivity contribution in [3.8, 4) is 0 Å². The summed E-state index contributed by atoms with van der Waals surface area (Å²) in [6.45, 7) is 9.16. The topological polar surface area (TPSA) is 44.1 Å². The van der Waals surface area contributed by atoms with E-state index in [1.165, 1.54) is 0 Å². The van der Waals surface area contributed by atoms with Crippen molar-refractivity contribution in [3.63, 3.8) is 0 Å². The molecule has 0 amide bonds. The standard InChI is InChI=1S/C11H17IN2O2/c1-10(2,3)16-9(15)11(4,5)14-7-6-8(12)13-14/h6-7H,1-5H3. The molecule has 5 heteroatoms. The second kappa shape index (κ2) is 4.35. The number of halogens is 1. The first-order chi connectivity index (χ1) is 7.13. The van der Waals surface area contributed by atoms with Crippen LogP contribution in [-0.2, 0) is 15.1 Å². The molecular formula is C11H17IN2O2. The number of ether oxygens (including phenoxy) is 1. The molecule has 0 aromatic carbocycles. The van der Waals surface area contributed by atoms with E-state index in [1.54, 1.807) is 24.7 Å². The summed E-state index contributed by atoms with van der Waals surface area (Å²) in [5.74, 6) is -0.278. The van der Waals surface area contributed by atoms with Crippen LogP contribution in [0.25, 0.3) is 0 Å². The Morgan fingerprint density at radius 3 is 2.31 bits per heavy atom. The molecule has 90 valence electrons. The van der Waals surface area contributed by atoms with Gasteiger partial charge in [-0.25, -0.2) is 4.79 Å². The summed E-state index contributed by atoms with van der Waals surface area (Å²) >= 11 is 2.11. The zero-order chi connectivity index (χ0) is 12.6. The molecule has 0 aliphatic carbocycles. The molecule has 0 aliphatic heterocycles. The minimum atomic E-state index is -0.781. The van der Waals surface area contributed by atoms with E-state index in [-0.39, 0.29) is 5.97 Å². The Balaban J connectivity index is 2.90. The van der Waals surface area contributed by atoms with E-state index in [1.807, 2.05) is 26.8 Å². The fourth-order valence-electron chi connectivity index (χ4n) is 1.11. The summed E-state index contributed by atoms with van der Waals surface area (Å²) in [4.78, 5) is 12.0. The molecule has 1 rings (SSSR count). The maximum atomic E-state index is 12.0. The summed E-state index contributed by atoms with van der Waals surface area (Å²) in [6.07, 6.45) is 1.78. The Kier molecular flexibility index (Phi) is 3.66. The van der Waals surface area contributed by atoms with Crippen LogP contribution in [-0.4, -0.2) is 21.4 Å². The molecule has 16 heavy (non-hydrogen) atoms. The van der Waals surface area contributed by atoms with Crippen molar-refractivity contribution < 1.29 is 9.53 Å². The second-order valence-corrected chi connectivity index (χ2v) is 6.25. The third kappa shape index (κ3) is 3.20. The lowest BCUT2D eigenvalue weighted by Crippen LogP contribution is -2.41. The van der Waals surface area contributed by atoms with Crippen LogP contribution in [0.4, 0.5) is 0 Å².